The maximum Gasteiger partial charge on any atom is 0.191 e. The molecule has 3 nitrogen and oxygen atoms in total. The maximum absolute atomic E-state index is 5.92. The van der Waals surface area contributed by atoms with Gasteiger partial charge >= 0.3 is 0 Å². The molecular weight excluding hydrogens is 239 g/mol. The predicted molar refractivity (Wildman–Crippen MR) is 57.6 cm³/mol. The Balaban J connectivity index is 1.92. The molecule has 0 bridgehead atoms. The highest BCUT2D eigenvalue weighted by Gasteiger charge is 2.16. The van der Waals surface area contributed by atoms with Crippen LogP contribution in [0.25, 0.3) is 0 Å². The lowest BCUT2D eigenvalue weighted by atomic mass is 10.3. The molecule has 0 spiro atoms. The van der Waals surface area contributed by atoms with Gasteiger partial charge in [-0.3, -0.25) is 0 Å². The molecule has 0 atom stereocenters. The molecule has 15 heavy (non-hydrogen) atoms. The highest BCUT2D eigenvalue weighted by Crippen LogP contribution is 2.27. The zero-order valence-electron chi connectivity index (χ0n) is 7.91. The van der Waals surface area contributed by atoms with Crippen LogP contribution in [0.1, 0.15) is 0 Å². The SMILES string of the molecule is Clc1ccc(OCC2OCCO2)c(Cl)c1. The molecule has 0 aromatic heterocycles. The van der Waals surface area contributed by atoms with E-state index in [1.54, 1.807) is 18.2 Å². The quantitative estimate of drug-likeness (QED) is 0.824. The zero-order chi connectivity index (χ0) is 10.7. The molecule has 0 saturated carbocycles. The molecule has 1 aliphatic heterocycles. The van der Waals surface area contributed by atoms with E-state index >= 15 is 0 Å². The van der Waals surface area contributed by atoms with E-state index in [4.69, 9.17) is 37.4 Å². The zero-order valence-corrected chi connectivity index (χ0v) is 9.42. The molecular formula is C10H10Cl2O3. The highest BCUT2D eigenvalue weighted by atomic mass is 35.5. The molecule has 1 fully saturated rings. The summed E-state index contributed by atoms with van der Waals surface area (Å²) >= 11 is 11.7. The van der Waals surface area contributed by atoms with E-state index in [1.807, 2.05) is 0 Å². The maximum atomic E-state index is 5.92. The van der Waals surface area contributed by atoms with Gasteiger partial charge in [-0.15, -0.1) is 0 Å². The van der Waals surface area contributed by atoms with Crippen LogP contribution in [0.15, 0.2) is 18.2 Å². The molecule has 1 aliphatic rings. The number of halogens is 2. The van der Waals surface area contributed by atoms with Crippen LogP contribution in [0.4, 0.5) is 0 Å². The number of ether oxygens (including phenoxy) is 3. The molecule has 82 valence electrons. The summed E-state index contributed by atoms with van der Waals surface area (Å²) in [6, 6.07) is 5.08. The molecule has 5 heteroatoms. The molecule has 0 amide bonds. The second kappa shape index (κ2) is 5.03. The summed E-state index contributed by atoms with van der Waals surface area (Å²) in [5.74, 6) is 0.583. The van der Waals surface area contributed by atoms with Gasteiger partial charge in [0.15, 0.2) is 6.29 Å². The lowest BCUT2D eigenvalue weighted by Crippen LogP contribution is -2.18. The Morgan fingerprint density at radius 3 is 2.67 bits per heavy atom. The van der Waals surface area contributed by atoms with E-state index in [9.17, 15) is 0 Å². The van der Waals surface area contributed by atoms with Crippen LogP contribution in [0.2, 0.25) is 10.0 Å². The first-order chi connectivity index (χ1) is 7.25. The Hall–Kier alpha value is -0.480. The van der Waals surface area contributed by atoms with Gasteiger partial charge in [-0.05, 0) is 18.2 Å². The normalized spacial score (nSPS) is 16.9. The molecule has 0 unspecified atom stereocenters. The van der Waals surface area contributed by atoms with Gasteiger partial charge in [-0.1, -0.05) is 23.2 Å². The van der Waals surface area contributed by atoms with E-state index < -0.39 is 0 Å². The first-order valence-electron chi connectivity index (χ1n) is 4.57. The van der Waals surface area contributed by atoms with Gasteiger partial charge in [0.25, 0.3) is 0 Å². The Labute approximate surface area is 97.8 Å². The van der Waals surface area contributed by atoms with Crippen molar-refractivity contribution in [3.63, 3.8) is 0 Å². The summed E-state index contributed by atoms with van der Waals surface area (Å²) in [6.45, 7) is 1.56. The third-order valence-electron chi connectivity index (χ3n) is 1.96. The third-order valence-corrected chi connectivity index (χ3v) is 2.49. The van der Waals surface area contributed by atoms with E-state index in [2.05, 4.69) is 0 Å². The van der Waals surface area contributed by atoms with Gasteiger partial charge < -0.3 is 14.2 Å². The topological polar surface area (TPSA) is 27.7 Å². The Morgan fingerprint density at radius 1 is 1.27 bits per heavy atom. The Kier molecular flexibility index (Phi) is 3.70. The highest BCUT2D eigenvalue weighted by molar-refractivity contribution is 6.35. The van der Waals surface area contributed by atoms with Crippen LogP contribution < -0.4 is 4.74 Å². The van der Waals surface area contributed by atoms with E-state index in [-0.39, 0.29) is 6.29 Å². The fourth-order valence-electron chi connectivity index (χ4n) is 1.25. The van der Waals surface area contributed by atoms with Gasteiger partial charge in [0.05, 0.1) is 18.2 Å². The minimum atomic E-state index is -0.295. The van der Waals surface area contributed by atoms with Crippen LogP contribution in [-0.2, 0) is 9.47 Å². The standard InChI is InChI=1S/C10H10Cl2O3/c11-7-1-2-9(8(12)5-7)15-6-10-13-3-4-14-10/h1-2,5,10H,3-4,6H2. The summed E-state index contributed by atoms with van der Waals surface area (Å²) in [7, 11) is 0. The van der Waals surface area contributed by atoms with Crippen molar-refractivity contribution in [3.05, 3.63) is 28.2 Å². The van der Waals surface area contributed by atoms with Crippen LogP contribution in [0.3, 0.4) is 0 Å². The minimum absolute atomic E-state index is 0.295. The van der Waals surface area contributed by atoms with E-state index in [1.165, 1.54) is 0 Å². The molecule has 1 saturated heterocycles. The monoisotopic (exact) mass is 248 g/mol. The molecule has 0 radical (unpaired) electrons. The lowest BCUT2D eigenvalue weighted by molar-refractivity contribution is -0.0683. The third kappa shape index (κ3) is 2.98. The molecule has 1 aromatic carbocycles. The number of hydrogen-bond acceptors (Lipinski definition) is 3. The Morgan fingerprint density at radius 2 is 2.00 bits per heavy atom. The number of benzene rings is 1. The molecule has 0 aliphatic carbocycles. The summed E-state index contributed by atoms with van der Waals surface area (Å²) in [5.41, 5.74) is 0. The summed E-state index contributed by atoms with van der Waals surface area (Å²) in [5, 5.41) is 1.07. The van der Waals surface area contributed by atoms with Gasteiger partial charge in [0, 0.05) is 5.02 Å². The van der Waals surface area contributed by atoms with Gasteiger partial charge in [0.2, 0.25) is 0 Å². The van der Waals surface area contributed by atoms with Crippen molar-refractivity contribution in [1.82, 2.24) is 0 Å². The van der Waals surface area contributed by atoms with Crippen molar-refractivity contribution < 1.29 is 14.2 Å². The van der Waals surface area contributed by atoms with Gasteiger partial charge in [0.1, 0.15) is 12.4 Å². The smallest absolute Gasteiger partial charge is 0.191 e. The molecule has 0 N–H and O–H groups in total. The first-order valence-corrected chi connectivity index (χ1v) is 5.32. The lowest BCUT2D eigenvalue weighted by Gasteiger charge is -2.11. The second-order valence-electron chi connectivity index (χ2n) is 3.06. The molecule has 1 heterocycles. The van der Waals surface area contributed by atoms with Crippen LogP contribution in [-0.4, -0.2) is 26.1 Å². The molecule has 2 rings (SSSR count). The van der Waals surface area contributed by atoms with Crippen LogP contribution in [0, 0.1) is 0 Å². The van der Waals surface area contributed by atoms with Crippen molar-refractivity contribution in [2.75, 3.05) is 19.8 Å². The minimum Gasteiger partial charge on any atom is -0.487 e. The van der Waals surface area contributed by atoms with Crippen molar-refractivity contribution in [2.24, 2.45) is 0 Å². The summed E-state index contributed by atoms with van der Waals surface area (Å²) in [6.07, 6.45) is -0.295. The summed E-state index contributed by atoms with van der Waals surface area (Å²) < 4.78 is 15.9. The fraction of sp³-hybridized carbons (Fsp3) is 0.400. The van der Waals surface area contributed by atoms with Crippen LogP contribution in [0.5, 0.6) is 5.75 Å². The molecule has 1 aromatic rings. The average molecular weight is 249 g/mol. The largest absolute Gasteiger partial charge is 0.487 e. The van der Waals surface area contributed by atoms with Crippen LogP contribution >= 0.6 is 23.2 Å². The predicted octanol–water partition coefficient (Wildman–Crippen LogP) is 2.75. The fourth-order valence-corrected chi connectivity index (χ4v) is 1.72. The number of rotatable bonds is 3. The van der Waals surface area contributed by atoms with Gasteiger partial charge in [-0.2, -0.15) is 0 Å². The van der Waals surface area contributed by atoms with Gasteiger partial charge in [-0.25, -0.2) is 0 Å². The van der Waals surface area contributed by atoms with Crippen molar-refractivity contribution in [2.45, 2.75) is 6.29 Å². The number of hydrogen-bond donors (Lipinski definition) is 0. The average Bonchev–Trinajstić information content (AvgIpc) is 2.69. The first kappa shape index (κ1) is 11.0. The Bertz CT molecular complexity index is 337. The van der Waals surface area contributed by atoms with Crippen molar-refractivity contribution in [1.29, 1.82) is 0 Å². The van der Waals surface area contributed by atoms with Crippen molar-refractivity contribution >= 4 is 23.2 Å². The van der Waals surface area contributed by atoms with E-state index in [0.29, 0.717) is 35.6 Å². The van der Waals surface area contributed by atoms with E-state index in [0.717, 1.165) is 0 Å². The second-order valence-corrected chi connectivity index (χ2v) is 3.90. The van der Waals surface area contributed by atoms with Crippen molar-refractivity contribution in [3.8, 4) is 5.75 Å². The summed E-state index contributed by atoms with van der Waals surface area (Å²) in [4.78, 5) is 0.